The van der Waals surface area contributed by atoms with Gasteiger partial charge < -0.3 is 15.0 Å². The van der Waals surface area contributed by atoms with Crippen molar-refractivity contribution in [2.45, 2.75) is 38.3 Å². The summed E-state index contributed by atoms with van der Waals surface area (Å²) in [5.74, 6) is -0.265. The number of sulfonamides is 1. The van der Waals surface area contributed by atoms with Crippen LogP contribution in [-0.2, 0) is 26.2 Å². The van der Waals surface area contributed by atoms with Gasteiger partial charge in [-0.05, 0) is 62.7 Å². The molecule has 0 unspecified atom stereocenters. The molecule has 0 aliphatic carbocycles. The quantitative estimate of drug-likeness (QED) is 0.413. The first-order chi connectivity index (χ1) is 17.7. The predicted molar refractivity (Wildman–Crippen MR) is 144 cm³/mol. The van der Waals surface area contributed by atoms with Gasteiger partial charge in [-0.25, -0.2) is 8.42 Å². The second-order valence-corrected chi connectivity index (χ2v) is 10.5. The number of nitrogens with one attached hydrogen (secondary N) is 1. The van der Waals surface area contributed by atoms with Crippen LogP contribution in [0.4, 0.5) is 5.69 Å². The largest absolute Gasteiger partial charge is 0.497 e. The Balaban J connectivity index is 2.02. The summed E-state index contributed by atoms with van der Waals surface area (Å²) in [6.07, 6.45) is 0. The van der Waals surface area contributed by atoms with Gasteiger partial charge in [0.2, 0.25) is 11.8 Å². The first-order valence-electron chi connectivity index (χ1n) is 12.0. The maximum atomic E-state index is 13.8. The molecule has 0 saturated heterocycles. The number of hydrogen-bond acceptors (Lipinski definition) is 5. The van der Waals surface area contributed by atoms with Gasteiger partial charge >= 0.3 is 0 Å². The van der Waals surface area contributed by atoms with E-state index in [0.717, 1.165) is 15.4 Å². The van der Waals surface area contributed by atoms with Gasteiger partial charge in [0, 0.05) is 13.1 Å². The highest BCUT2D eigenvalue weighted by Crippen LogP contribution is 2.26. The van der Waals surface area contributed by atoms with E-state index >= 15 is 0 Å². The number of rotatable bonds is 11. The van der Waals surface area contributed by atoms with Crippen LogP contribution >= 0.6 is 0 Å². The average Bonchev–Trinajstić information content (AvgIpc) is 2.90. The fourth-order valence-electron chi connectivity index (χ4n) is 3.91. The summed E-state index contributed by atoms with van der Waals surface area (Å²) in [6, 6.07) is 21.2. The van der Waals surface area contributed by atoms with Gasteiger partial charge in [0.1, 0.15) is 18.3 Å². The Morgan fingerprint density at radius 2 is 1.65 bits per heavy atom. The number of nitrogens with zero attached hydrogens (tertiary/aromatic N) is 2. The minimum Gasteiger partial charge on any atom is -0.497 e. The van der Waals surface area contributed by atoms with E-state index in [-0.39, 0.29) is 17.3 Å². The van der Waals surface area contributed by atoms with Crippen LogP contribution in [0.1, 0.15) is 25.0 Å². The van der Waals surface area contributed by atoms with E-state index in [1.165, 1.54) is 24.1 Å². The summed E-state index contributed by atoms with van der Waals surface area (Å²) in [4.78, 5) is 28.0. The van der Waals surface area contributed by atoms with Crippen LogP contribution in [0.2, 0.25) is 0 Å². The van der Waals surface area contributed by atoms with Crippen LogP contribution in [0.3, 0.4) is 0 Å². The van der Waals surface area contributed by atoms with Crippen LogP contribution in [0.25, 0.3) is 0 Å². The number of amides is 2. The number of likely N-dealkylation sites (N-methyl/N-ethyl adjacent to an activating group) is 1. The molecule has 3 aromatic rings. The maximum Gasteiger partial charge on any atom is 0.264 e. The van der Waals surface area contributed by atoms with Crippen molar-refractivity contribution in [3.63, 3.8) is 0 Å². The third kappa shape index (κ3) is 6.89. The Morgan fingerprint density at radius 3 is 2.24 bits per heavy atom. The molecule has 0 bridgehead atoms. The van der Waals surface area contributed by atoms with Crippen LogP contribution in [0.5, 0.6) is 5.75 Å². The highest BCUT2D eigenvalue weighted by atomic mass is 32.2. The van der Waals surface area contributed by atoms with Gasteiger partial charge in [0.25, 0.3) is 10.0 Å². The second-order valence-electron chi connectivity index (χ2n) is 8.60. The fourth-order valence-corrected chi connectivity index (χ4v) is 5.34. The second kappa shape index (κ2) is 12.4. The third-order valence-electron chi connectivity index (χ3n) is 5.92. The molecule has 1 atom stereocenters. The number of benzene rings is 3. The number of methoxy groups -OCH3 is 1. The van der Waals surface area contributed by atoms with E-state index in [4.69, 9.17) is 4.74 Å². The Labute approximate surface area is 218 Å². The molecule has 2 amide bonds. The first-order valence-corrected chi connectivity index (χ1v) is 13.5. The molecule has 0 saturated carbocycles. The van der Waals surface area contributed by atoms with Crippen molar-refractivity contribution in [2.75, 3.05) is 24.5 Å². The normalized spacial score (nSPS) is 11.9. The third-order valence-corrected chi connectivity index (χ3v) is 7.71. The summed E-state index contributed by atoms with van der Waals surface area (Å²) in [5.41, 5.74) is 2.16. The van der Waals surface area contributed by atoms with Crippen molar-refractivity contribution in [1.82, 2.24) is 10.2 Å². The van der Waals surface area contributed by atoms with E-state index < -0.39 is 28.5 Å². The zero-order valence-corrected chi connectivity index (χ0v) is 22.4. The molecule has 37 heavy (non-hydrogen) atoms. The van der Waals surface area contributed by atoms with Crippen molar-refractivity contribution in [2.24, 2.45) is 0 Å². The molecule has 8 nitrogen and oxygen atoms in total. The van der Waals surface area contributed by atoms with Crippen molar-refractivity contribution < 1.29 is 22.7 Å². The van der Waals surface area contributed by atoms with E-state index in [1.54, 1.807) is 56.3 Å². The molecule has 0 aliphatic rings. The molecule has 196 valence electrons. The lowest BCUT2D eigenvalue weighted by atomic mass is 10.1. The molecule has 3 aromatic carbocycles. The van der Waals surface area contributed by atoms with Crippen molar-refractivity contribution in [1.29, 1.82) is 0 Å². The summed E-state index contributed by atoms with van der Waals surface area (Å²) in [7, 11) is -2.58. The summed E-state index contributed by atoms with van der Waals surface area (Å²) >= 11 is 0. The Bertz CT molecular complexity index is 1310. The number of hydrogen-bond donors (Lipinski definition) is 1. The summed E-state index contributed by atoms with van der Waals surface area (Å²) in [5, 5.41) is 2.75. The van der Waals surface area contributed by atoms with Crippen LogP contribution in [0.15, 0.2) is 83.8 Å². The predicted octanol–water partition coefficient (Wildman–Crippen LogP) is 3.75. The smallest absolute Gasteiger partial charge is 0.264 e. The zero-order valence-electron chi connectivity index (χ0n) is 21.5. The van der Waals surface area contributed by atoms with Gasteiger partial charge in [-0.3, -0.25) is 13.9 Å². The average molecular weight is 524 g/mol. The lowest BCUT2D eigenvalue weighted by Gasteiger charge is -2.32. The van der Waals surface area contributed by atoms with Gasteiger partial charge in [-0.15, -0.1) is 0 Å². The first kappa shape index (κ1) is 27.7. The van der Waals surface area contributed by atoms with Crippen molar-refractivity contribution in [3.05, 3.63) is 90.0 Å². The van der Waals surface area contributed by atoms with Crippen LogP contribution < -0.4 is 14.4 Å². The maximum absolute atomic E-state index is 13.8. The Hall–Kier alpha value is -3.85. The Morgan fingerprint density at radius 1 is 0.973 bits per heavy atom. The van der Waals surface area contributed by atoms with E-state index in [2.05, 4.69) is 5.32 Å². The molecule has 3 rings (SSSR count). The van der Waals surface area contributed by atoms with Gasteiger partial charge in [-0.2, -0.15) is 0 Å². The monoisotopic (exact) mass is 523 g/mol. The molecule has 9 heteroatoms. The molecule has 0 heterocycles. The lowest BCUT2D eigenvalue weighted by molar-refractivity contribution is -0.139. The van der Waals surface area contributed by atoms with Crippen LogP contribution in [-0.4, -0.2) is 51.4 Å². The lowest BCUT2D eigenvalue weighted by Crippen LogP contribution is -2.51. The number of carbonyl (C=O) groups excluding carboxylic acids is 2. The minimum absolute atomic E-state index is 0.0561. The standard InChI is InChI=1S/C28H33N3O5S/c1-5-29-28(33)22(3)30(19-23-11-9-10-21(2)18-23)27(32)20-31(24-14-16-25(36-4)17-15-24)37(34,35)26-12-7-6-8-13-26/h6-18,22H,5,19-20H2,1-4H3,(H,29,33)/t22-/m0/s1. The molecule has 0 aliphatic heterocycles. The molecule has 0 fully saturated rings. The SMILES string of the molecule is CCNC(=O)[C@H](C)N(Cc1cccc(C)c1)C(=O)CN(c1ccc(OC)cc1)S(=O)(=O)c1ccccc1. The zero-order chi connectivity index (χ0) is 27.0. The highest BCUT2D eigenvalue weighted by molar-refractivity contribution is 7.92. The van der Waals surface area contributed by atoms with Crippen molar-refractivity contribution >= 4 is 27.5 Å². The van der Waals surface area contributed by atoms with Gasteiger partial charge in [-0.1, -0.05) is 48.0 Å². The Kier molecular flexibility index (Phi) is 9.30. The van der Waals surface area contributed by atoms with E-state index in [1.807, 2.05) is 31.2 Å². The topological polar surface area (TPSA) is 96.0 Å². The minimum atomic E-state index is -4.09. The number of ether oxygens (including phenoxy) is 1. The van der Waals surface area contributed by atoms with Gasteiger partial charge in [0.15, 0.2) is 0 Å². The molecule has 1 N–H and O–H groups in total. The molecular weight excluding hydrogens is 490 g/mol. The highest BCUT2D eigenvalue weighted by Gasteiger charge is 2.32. The summed E-state index contributed by atoms with van der Waals surface area (Å²) < 4.78 is 33.7. The van der Waals surface area contributed by atoms with E-state index in [0.29, 0.717) is 18.0 Å². The van der Waals surface area contributed by atoms with E-state index in [9.17, 15) is 18.0 Å². The molecule has 0 spiro atoms. The molecule has 0 radical (unpaired) electrons. The number of carbonyl (C=O) groups is 2. The molecular formula is C28H33N3O5S. The number of aryl methyl sites for hydroxylation is 1. The summed E-state index contributed by atoms with van der Waals surface area (Å²) in [6.45, 7) is 5.47. The van der Waals surface area contributed by atoms with Crippen LogP contribution in [0, 0.1) is 6.92 Å². The fraction of sp³-hybridized carbons (Fsp3) is 0.286. The molecule has 0 aromatic heterocycles. The number of anilines is 1. The van der Waals surface area contributed by atoms with Gasteiger partial charge in [0.05, 0.1) is 17.7 Å². The van der Waals surface area contributed by atoms with Crippen molar-refractivity contribution in [3.8, 4) is 5.75 Å².